The highest BCUT2D eigenvalue weighted by Crippen LogP contribution is 2.31. The first-order valence-corrected chi connectivity index (χ1v) is 11.5. The maximum Gasteiger partial charge on any atom is 0.211 e. The molecule has 0 unspecified atom stereocenters. The van der Waals surface area contributed by atoms with Crippen LogP contribution in [0.15, 0.2) is 18.2 Å². The van der Waals surface area contributed by atoms with Gasteiger partial charge in [-0.15, -0.1) is 0 Å². The highest BCUT2D eigenvalue weighted by molar-refractivity contribution is 7.92. The minimum absolute atomic E-state index is 0.0959. The summed E-state index contributed by atoms with van der Waals surface area (Å²) in [5, 5.41) is 0. The molecule has 7 nitrogen and oxygen atoms in total. The van der Waals surface area contributed by atoms with Gasteiger partial charge in [-0.2, -0.15) is 4.31 Å². The molecule has 140 valence electrons. The fraction of sp³-hybridized carbons (Fsp3) is 0.600. The summed E-state index contributed by atoms with van der Waals surface area (Å²) in [6, 6.07) is 3.14. The first-order chi connectivity index (χ1) is 11.6. The topological polar surface area (TPSA) is 84.0 Å². The predicted octanol–water partition coefficient (Wildman–Crippen LogP) is 0.0771. The Hall–Kier alpha value is -1.23. The molecule has 0 amide bonds. The van der Waals surface area contributed by atoms with Crippen molar-refractivity contribution in [2.75, 3.05) is 38.0 Å². The van der Waals surface area contributed by atoms with E-state index in [9.17, 15) is 21.2 Å². The lowest BCUT2D eigenvalue weighted by molar-refractivity contribution is 0.0887. The lowest BCUT2D eigenvalue weighted by atomic mass is 10.1. The minimum Gasteiger partial charge on any atom is -0.496 e. The lowest BCUT2D eigenvalue weighted by Gasteiger charge is -2.42. The van der Waals surface area contributed by atoms with Crippen molar-refractivity contribution in [3.8, 4) is 5.75 Å². The van der Waals surface area contributed by atoms with Crippen LogP contribution in [0.4, 0.5) is 4.39 Å². The van der Waals surface area contributed by atoms with Crippen LogP contribution in [0.1, 0.15) is 5.56 Å². The normalized spacial score (nSPS) is 27.2. The van der Waals surface area contributed by atoms with E-state index >= 15 is 0 Å². The van der Waals surface area contributed by atoms with Crippen LogP contribution in [0.5, 0.6) is 5.75 Å². The van der Waals surface area contributed by atoms with Gasteiger partial charge in [0.05, 0.1) is 30.9 Å². The third-order valence-electron chi connectivity index (χ3n) is 4.78. The van der Waals surface area contributed by atoms with E-state index in [1.165, 1.54) is 29.6 Å². The van der Waals surface area contributed by atoms with Crippen molar-refractivity contribution < 1.29 is 26.0 Å². The molecule has 2 atom stereocenters. The number of piperazine rings is 1. The second kappa shape index (κ2) is 6.49. The van der Waals surface area contributed by atoms with Gasteiger partial charge in [-0.3, -0.25) is 4.90 Å². The lowest BCUT2D eigenvalue weighted by Crippen LogP contribution is -2.59. The summed E-state index contributed by atoms with van der Waals surface area (Å²) in [5.74, 6) is -0.159. The van der Waals surface area contributed by atoms with E-state index in [0.29, 0.717) is 24.4 Å². The van der Waals surface area contributed by atoms with E-state index in [2.05, 4.69) is 0 Å². The molecule has 2 aliphatic heterocycles. The molecule has 0 spiro atoms. The quantitative estimate of drug-likeness (QED) is 0.722. The highest BCUT2D eigenvalue weighted by atomic mass is 32.2. The molecule has 1 aromatic rings. The summed E-state index contributed by atoms with van der Waals surface area (Å²) in [6.07, 6.45) is 1.10. The molecule has 2 fully saturated rings. The Morgan fingerprint density at radius 1 is 1.24 bits per heavy atom. The van der Waals surface area contributed by atoms with E-state index in [1.54, 1.807) is 0 Å². The molecular weight excluding hydrogens is 371 g/mol. The van der Waals surface area contributed by atoms with Crippen molar-refractivity contribution in [2.24, 2.45) is 0 Å². The molecule has 0 aliphatic carbocycles. The van der Waals surface area contributed by atoms with Crippen LogP contribution in [0.2, 0.25) is 0 Å². The first-order valence-electron chi connectivity index (χ1n) is 7.84. The monoisotopic (exact) mass is 392 g/mol. The number of benzene rings is 1. The SMILES string of the molecule is COc1ccc(F)cc1CN1CCN(S(C)(=O)=O)[C@@H]2CS(=O)(=O)C[C@@H]21. The average Bonchev–Trinajstić information content (AvgIpc) is 2.81. The number of ether oxygens (including phenoxy) is 1. The van der Waals surface area contributed by atoms with E-state index < -0.39 is 37.8 Å². The Balaban J connectivity index is 1.90. The van der Waals surface area contributed by atoms with Crippen molar-refractivity contribution in [3.05, 3.63) is 29.6 Å². The summed E-state index contributed by atoms with van der Waals surface area (Å²) >= 11 is 0. The van der Waals surface area contributed by atoms with Crippen molar-refractivity contribution in [1.82, 2.24) is 9.21 Å². The molecule has 3 rings (SSSR count). The molecule has 0 bridgehead atoms. The smallest absolute Gasteiger partial charge is 0.211 e. The van der Waals surface area contributed by atoms with E-state index in [4.69, 9.17) is 4.74 Å². The summed E-state index contributed by atoms with van der Waals surface area (Å²) in [4.78, 5) is 1.91. The van der Waals surface area contributed by atoms with Crippen LogP contribution in [0.3, 0.4) is 0 Å². The standard InChI is InChI=1S/C15H21FN2O5S2/c1-23-15-4-3-12(16)7-11(15)8-17-5-6-18(24(2,19)20)14-10-25(21,22)9-13(14)17/h3-4,7,13-14H,5-6,8-10H2,1-2H3/t13-,14+/m0/s1. The molecular formula is C15H21FN2O5S2. The van der Waals surface area contributed by atoms with Crippen molar-refractivity contribution >= 4 is 19.9 Å². The van der Waals surface area contributed by atoms with Gasteiger partial charge in [-0.05, 0) is 18.2 Å². The summed E-state index contributed by atoms with van der Waals surface area (Å²) in [7, 11) is -5.33. The van der Waals surface area contributed by atoms with Crippen LogP contribution < -0.4 is 4.74 Å². The number of nitrogens with zero attached hydrogens (tertiary/aromatic N) is 2. The Bertz CT molecular complexity index is 872. The summed E-state index contributed by atoms with van der Waals surface area (Å²) < 4.78 is 68.3. The second-order valence-electron chi connectivity index (χ2n) is 6.51. The van der Waals surface area contributed by atoms with Gasteiger partial charge >= 0.3 is 0 Å². The Morgan fingerprint density at radius 3 is 2.56 bits per heavy atom. The van der Waals surface area contributed by atoms with Crippen LogP contribution in [-0.4, -0.2) is 76.1 Å². The van der Waals surface area contributed by atoms with Crippen LogP contribution in [0.25, 0.3) is 0 Å². The number of fused-ring (bicyclic) bond motifs is 1. The van der Waals surface area contributed by atoms with Gasteiger partial charge in [0.2, 0.25) is 10.0 Å². The molecule has 2 aliphatic rings. The second-order valence-corrected chi connectivity index (χ2v) is 10.6. The highest BCUT2D eigenvalue weighted by Gasteiger charge is 2.49. The van der Waals surface area contributed by atoms with E-state index in [1.807, 2.05) is 4.90 Å². The fourth-order valence-electron chi connectivity index (χ4n) is 3.69. The molecule has 0 saturated carbocycles. The maximum absolute atomic E-state index is 13.6. The third kappa shape index (κ3) is 3.81. The van der Waals surface area contributed by atoms with Gasteiger partial charge in [0, 0.05) is 31.2 Å². The molecule has 25 heavy (non-hydrogen) atoms. The van der Waals surface area contributed by atoms with Crippen molar-refractivity contribution in [3.63, 3.8) is 0 Å². The average molecular weight is 392 g/mol. The largest absolute Gasteiger partial charge is 0.496 e. The third-order valence-corrected chi connectivity index (χ3v) is 7.79. The van der Waals surface area contributed by atoms with Gasteiger partial charge in [0.15, 0.2) is 9.84 Å². The number of sulfonamides is 1. The molecule has 0 N–H and O–H groups in total. The van der Waals surface area contributed by atoms with Gasteiger partial charge in [0.25, 0.3) is 0 Å². The number of rotatable bonds is 4. The molecule has 1 aromatic carbocycles. The zero-order chi connectivity index (χ0) is 18.4. The maximum atomic E-state index is 13.6. The Labute approximate surface area is 147 Å². The van der Waals surface area contributed by atoms with Gasteiger partial charge in [0.1, 0.15) is 11.6 Å². The van der Waals surface area contributed by atoms with Crippen molar-refractivity contribution in [1.29, 1.82) is 0 Å². The number of methoxy groups -OCH3 is 1. The summed E-state index contributed by atoms with van der Waals surface area (Å²) in [5.41, 5.74) is 0.610. The molecule has 2 saturated heterocycles. The minimum atomic E-state index is -3.49. The van der Waals surface area contributed by atoms with E-state index in [-0.39, 0.29) is 18.1 Å². The van der Waals surface area contributed by atoms with Crippen molar-refractivity contribution in [2.45, 2.75) is 18.6 Å². The van der Waals surface area contributed by atoms with Gasteiger partial charge < -0.3 is 4.74 Å². The zero-order valence-corrected chi connectivity index (χ0v) is 15.7. The van der Waals surface area contributed by atoms with Crippen LogP contribution in [0, 0.1) is 5.82 Å². The first kappa shape index (κ1) is 18.6. The number of hydrogen-bond acceptors (Lipinski definition) is 6. The van der Waals surface area contributed by atoms with Crippen LogP contribution >= 0.6 is 0 Å². The molecule has 0 radical (unpaired) electrons. The number of sulfone groups is 1. The van der Waals surface area contributed by atoms with Gasteiger partial charge in [-0.1, -0.05) is 0 Å². The molecule has 2 heterocycles. The molecule has 10 heteroatoms. The predicted molar refractivity (Wildman–Crippen MR) is 91.1 cm³/mol. The fourth-order valence-corrected chi connectivity index (χ4v) is 6.92. The van der Waals surface area contributed by atoms with E-state index in [0.717, 1.165) is 6.26 Å². The Kier molecular flexibility index (Phi) is 4.82. The Morgan fingerprint density at radius 2 is 1.92 bits per heavy atom. The van der Waals surface area contributed by atoms with Gasteiger partial charge in [-0.25, -0.2) is 21.2 Å². The number of halogens is 1. The number of hydrogen-bond donors (Lipinski definition) is 0. The zero-order valence-electron chi connectivity index (χ0n) is 14.1. The molecule has 0 aromatic heterocycles. The summed E-state index contributed by atoms with van der Waals surface area (Å²) in [6.45, 7) is 0.895. The van der Waals surface area contributed by atoms with Crippen LogP contribution in [-0.2, 0) is 26.4 Å².